The van der Waals surface area contributed by atoms with Gasteiger partial charge < -0.3 is 10.6 Å². The summed E-state index contributed by atoms with van der Waals surface area (Å²) in [5, 5.41) is 6.89. The van der Waals surface area contributed by atoms with E-state index in [4.69, 9.17) is 0 Å². The molecular formula is C27H26N2O. The van der Waals surface area contributed by atoms with Crippen molar-refractivity contribution < 1.29 is 4.79 Å². The number of hydrogen-bond acceptors (Lipinski definition) is 2. The summed E-state index contributed by atoms with van der Waals surface area (Å²) in [6.07, 6.45) is 4.01. The number of hydrogen-bond donors (Lipinski definition) is 2. The topological polar surface area (TPSA) is 41.1 Å². The molecule has 3 aromatic carbocycles. The first-order valence-corrected chi connectivity index (χ1v) is 11.1. The van der Waals surface area contributed by atoms with Gasteiger partial charge in [0.2, 0.25) is 0 Å². The maximum atomic E-state index is 12.9. The van der Waals surface area contributed by atoms with Crippen LogP contribution in [0.2, 0.25) is 0 Å². The number of fused-ring (bicyclic) bond motifs is 7. The number of rotatable bonds is 3. The minimum absolute atomic E-state index is 0.0334. The van der Waals surface area contributed by atoms with E-state index in [0.29, 0.717) is 17.9 Å². The van der Waals surface area contributed by atoms with E-state index in [0.717, 1.165) is 23.1 Å². The zero-order chi connectivity index (χ0) is 20.1. The first-order chi connectivity index (χ1) is 14.8. The molecule has 5 atom stereocenters. The second-order valence-electron chi connectivity index (χ2n) is 9.09. The molecule has 1 amide bonds. The molecule has 3 aromatic rings. The average Bonchev–Trinajstić information content (AvgIpc) is 3.42. The van der Waals surface area contributed by atoms with E-state index in [2.05, 4.69) is 53.1 Å². The molecule has 0 radical (unpaired) electrons. The third-order valence-electron chi connectivity index (χ3n) is 7.54. The summed E-state index contributed by atoms with van der Waals surface area (Å²) in [5.41, 5.74) is 5.52. The summed E-state index contributed by atoms with van der Waals surface area (Å²) in [6.45, 7) is 0. The van der Waals surface area contributed by atoms with E-state index in [1.54, 1.807) is 0 Å². The number of anilines is 2. The van der Waals surface area contributed by atoms with Gasteiger partial charge in [-0.25, -0.2) is 0 Å². The number of nitrogens with one attached hydrogen (secondary N) is 2. The molecule has 5 unspecified atom stereocenters. The average molecular weight is 395 g/mol. The molecular weight excluding hydrogens is 368 g/mol. The molecule has 30 heavy (non-hydrogen) atoms. The van der Waals surface area contributed by atoms with Crippen LogP contribution >= 0.6 is 0 Å². The molecule has 150 valence electrons. The summed E-state index contributed by atoms with van der Waals surface area (Å²) in [4.78, 5) is 12.9. The van der Waals surface area contributed by atoms with Gasteiger partial charge in [0.05, 0.1) is 6.04 Å². The first kappa shape index (κ1) is 17.8. The number of carbonyl (C=O) groups is 1. The summed E-state index contributed by atoms with van der Waals surface area (Å²) < 4.78 is 0. The van der Waals surface area contributed by atoms with E-state index in [9.17, 15) is 4.79 Å². The molecule has 2 bridgehead atoms. The van der Waals surface area contributed by atoms with Crippen molar-refractivity contribution in [2.75, 3.05) is 10.6 Å². The van der Waals surface area contributed by atoms with Crippen LogP contribution in [-0.2, 0) is 0 Å². The van der Waals surface area contributed by atoms with Gasteiger partial charge in [-0.2, -0.15) is 0 Å². The molecule has 0 spiro atoms. The summed E-state index contributed by atoms with van der Waals surface area (Å²) in [7, 11) is 0. The molecule has 3 nitrogen and oxygen atoms in total. The minimum atomic E-state index is -0.0334. The lowest BCUT2D eigenvalue weighted by Crippen LogP contribution is -2.35. The van der Waals surface area contributed by atoms with Crippen LogP contribution in [0.4, 0.5) is 11.4 Å². The highest BCUT2D eigenvalue weighted by Crippen LogP contribution is 2.63. The normalized spacial score (nSPS) is 28.3. The molecule has 2 aliphatic carbocycles. The molecule has 6 rings (SSSR count). The van der Waals surface area contributed by atoms with Crippen LogP contribution in [0, 0.1) is 17.8 Å². The van der Waals surface area contributed by atoms with Gasteiger partial charge in [-0.15, -0.1) is 0 Å². The van der Waals surface area contributed by atoms with Crippen LogP contribution in [0.3, 0.4) is 0 Å². The molecule has 0 aromatic heterocycles. The standard InChI is InChI=1S/C27H26N2O/c30-27(28-21-9-5-2-6-10-21)20-13-14-23-22(16-20)24-18-11-12-19(15-18)25(24)26(29-23)17-7-3-1-4-8-17/h1-10,13-14,16,18-19,24-26,29H,11-12,15H2,(H,28,30). The third-order valence-corrected chi connectivity index (χ3v) is 7.54. The lowest BCUT2D eigenvalue weighted by Gasteiger charge is -2.43. The van der Waals surface area contributed by atoms with Crippen molar-refractivity contribution in [2.24, 2.45) is 17.8 Å². The Morgan fingerprint density at radius 2 is 1.60 bits per heavy atom. The summed E-state index contributed by atoms with van der Waals surface area (Å²) >= 11 is 0. The van der Waals surface area contributed by atoms with Gasteiger partial charge in [-0.3, -0.25) is 4.79 Å². The predicted octanol–water partition coefficient (Wildman–Crippen LogP) is 6.24. The third kappa shape index (κ3) is 2.84. The van der Waals surface area contributed by atoms with E-state index >= 15 is 0 Å². The van der Waals surface area contributed by atoms with Crippen molar-refractivity contribution >= 4 is 17.3 Å². The van der Waals surface area contributed by atoms with Crippen molar-refractivity contribution in [2.45, 2.75) is 31.2 Å². The number of benzene rings is 3. The van der Waals surface area contributed by atoms with Crippen molar-refractivity contribution in [1.82, 2.24) is 0 Å². The molecule has 0 saturated heterocycles. The maximum absolute atomic E-state index is 12.9. The van der Waals surface area contributed by atoms with Crippen molar-refractivity contribution in [1.29, 1.82) is 0 Å². The zero-order valence-corrected chi connectivity index (χ0v) is 16.9. The van der Waals surface area contributed by atoms with Crippen molar-refractivity contribution in [3.05, 3.63) is 95.6 Å². The first-order valence-electron chi connectivity index (χ1n) is 11.1. The molecule has 3 aliphatic rings. The van der Waals surface area contributed by atoms with Crippen LogP contribution in [0.15, 0.2) is 78.9 Å². The summed E-state index contributed by atoms with van der Waals surface area (Å²) in [5.74, 6) is 2.67. The fourth-order valence-electron chi connectivity index (χ4n) is 6.34. The lowest BCUT2D eigenvalue weighted by atomic mass is 9.68. The molecule has 2 saturated carbocycles. The molecule has 2 N–H and O–H groups in total. The quantitative estimate of drug-likeness (QED) is 0.552. The van der Waals surface area contributed by atoms with Crippen LogP contribution < -0.4 is 10.6 Å². The van der Waals surface area contributed by atoms with Crippen LogP contribution in [0.1, 0.15) is 52.7 Å². The lowest BCUT2D eigenvalue weighted by molar-refractivity contribution is 0.102. The minimum Gasteiger partial charge on any atom is -0.378 e. The Morgan fingerprint density at radius 1 is 0.867 bits per heavy atom. The molecule has 3 heteroatoms. The molecule has 2 fully saturated rings. The van der Waals surface area contributed by atoms with Gasteiger partial charge in [-0.1, -0.05) is 48.5 Å². The Bertz CT molecular complexity index is 1080. The predicted molar refractivity (Wildman–Crippen MR) is 121 cm³/mol. The fraction of sp³-hybridized carbons (Fsp3) is 0.296. The van der Waals surface area contributed by atoms with Gasteiger partial charge in [0.1, 0.15) is 0 Å². The second-order valence-corrected chi connectivity index (χ2v) is 9.09. The SMILES string of the molecule is O=C(Nc1ccccc1)c1ccc2c(c1)C1C3CCC(C3)C1C(c1ccccc1)N2. The van der Waals surface area contributed by atoms with E-state index in [1.807, 2.05) is 36.4 Å². The van der Waals surface area contributed by atoms with Gasteiger partial charge in [0.25, 0.3) is 5.91 Å². The smallest absolute Gasteiger partial charge is 0.255 e. The fourth-order valence-corrected chi connectivity index (χ4v) is 6.34. The van der Waals surface area contributed by atoms with Crippen LogP contribution in [-0.4, -0.2) is 5.91 Å². The Hall–Kier alpha value is -3.07. The Morgan fingerprint density at radius 3 is 2.40 bits per heavy atom. The second kappa shape index (κ2) is 7.02. The van der Waals surface area contributed by atoms with Crippen LogP contribution in [0.5, 0.6) is 0 Å². The highest BCUT2D eigenvalue weighted by Gasteiger charge is 2.53. The number of carbonyl (C=O) groups excluding carboxylic acids is 1. The van der Waals surface area contributed by atoms with E-state index < -0.39 is 0 Å². The van der Waals surface area contributed by atoms with Gasteiger partial charge in [0.15, 0.2) is 0 Å². The van der Waals surface area contributed by atoms with E-state index in [1.165, 1.54) is 36.1 Å². The van der Waals surface area contributed by atoms with Crippen LogP contribution in [0.25, 0.3) is 0 Å². The maximum Gasteiger partial charge on any atom is 0.255 e. The Labute approximate surface area is 177 Å². The highest BCUT2D eigenvalue weighted by molar-refractivity contribution is 6.04. The van der Waals surface area contributed by atoms with Gasteiger partial charge in [0, 0.05) is 16.9 Å². The van der Waals surface area contributed by atoms with Gasteiger partial charge in [-0.05, 0) is 84.4 Å². The monoisotopic (exact) mass is 394 g/mol. The molecule has 1 heterocycles. The zero-order valence-electron chi connectivity index (χ0n) is 16.9. The molecule has 1 aliphatic heterocycles. The van der Waals surface area contributed by atoms with Crippen molar-refractivity contribution in [3.8, 4) is 0 Å². The summed E-state index contributed by atoms with van der Waals surface area (Å²) in [6, 6.07) is 27.2. The highest BCUT2D eigenvalue weighted by atomic mass is 16.1. The number of amides is 1. The number of para-hydroxylation sites is 1. The van der Waals surface area contributed by atoms with E-state index in [-0.39, 0.29) is 5.91 Å². The largest absolute Gasteiger partial charge is 0.378 e. The van der Waals surface area contributed by atoms with Gasteiger partial charge >= 0.3 is 0 Å². The Kier molecular flexibility index (Phi) is 4.15. The van der Waals surface area contributed by atoms with Crippen molar-refractivity contribution in [3.63, 3.8) is 0 Å². The Balaban J connectivity index is 1.36.